The smallest absolute Gasteiger partial charge is 0.318 e. The Kier molecular flexibility index (Phi) is 3.68. The number of aromatic amines is 1. The zero-order chi connectivity index (χ0) is 14.2. The Morgan fingerprint density at radius 2 is 2.21 bits per heavy atom. The van der Waals surface area contributed by atoms with Gasteiger partial charge in [0.2, 0.25) is 0 Å². The number of nitrogens with one attached hydrogen (secondary N) is 2. The van der Waals surface area contributed by atoms with E-state index < -0.39 is 17.8 Å². The number of aromatic nitrogens is 2. The zero-order valence-electron chi connectivity index (χ0n) is 9.43. The first-order valence-corrected chi connectivity index (χ1v) is 6.64. The summed E-state index contributed by atoms with van der Waals surface area (Å²) < 4.78 is 38.7. The quantitative estimate of drug-likeness (QED) is 0.862. The second-order valence-corrected chi connectivity index (χ2v) is 5.48. The average molecular weight is 354 g/mol. The monoisotopic (exact) mass is 353 g/mol. The molecule has 0 unspecified atom stereocenters. The van der Waals surface area contributed by atoms with Gasteiger partial charge in [-0.1, -0.05) is 0 Å². The maximum Gasteiger partial charge on any atom is 0.437 e. The number of halogens is 4. The summed E-state index contributed by atoms with van der Waals surface area (Å²) in [6, 6.07) is 1.53. The van der Waals surface area contributed by atoms with Crippen molar-refractivity contribution < 1.29 is 18.0 Å². The summed E-state index contributed by atoms with van der Waals surface area (Å²) in [7, 11) is 0. The van der Waals surface area contributed by atoms with Gasteiger partial charge in [0.05, 0.1) is 16.3 Å². The van der Waals surface area contributed by atoms with Crippen LogP contribution in [0.5, 0.6) is 0 Å². The second kappa shape index (κ2) is 4.97. The first kappa shape index (κ1) is 14.1. The molecule has 0 saturated carbocycles. The van der Waals surface area contributed by atoms with Gasteiger partial charge in [0.25, 0.3) is 5.91 Å². The van der Waals surface area contributed by atoms with E-state index in [2.05, 4.69) is 31.4 Å². The predicted molar refractivity (Wildman–Crippen MR) is 68.3 cm³/mol. The molecule has 2 aromatic rings. The molecule has 2 heterocycles. The van der Waals surface area contributed by atoms with Crippen LogP contribution in [0.15, 0.2) is 15.9 Å². The van der Waals surface area contributed by atoms with Crippen molar-refractivity contribution in [1.29, 1.82) is 0 Å². The summed E-state index contributed by atoms with van der Waals surface area (Å²) in [5.41, 5.74) is -1.33. The molecule has 102 valence electrons. The van der Waals surface area contributed by atoms with Crippen molar-refractivity contribution in [3.05, 3.63) is 32.2 Å². The molecule has 0 aliphatic carbocycles. The highest BCUT2D eigenvalue weighted by Crippen LogP contribution is 2.35. The van der Waals surface area contributed by atoms with Crippen molar-refractivity contribution in [3.63, 3.8) is 0 Å². The van der Waals surface area contributed by atoms with Crippen molar-refractivity contribution in [1.82, 2.24) is 10.2 Å². The van der Waals surface area contributed by atoms with Gasteiger partial charge in [0.15, 0.2) is 5.69 Å². The lowest BCUT2D eigenvalue weighted by Crippen LogP contribution is -2.15. The third-order valence-corrected chi connectivity index (χ3v) is 3.94. The molecule has 0 aliphatic rings. The lowest BCUT2D eigenvalue weighted by molar-refractivity contribution is -0.140. The Balaban J connectivity index is 2.29. The molecule has 4 nitrogen and oxygen atoms in total. The van der Waals surface area contributed by atoms with Crippen LogP contribution >= 0.6 is 27.3 Å². The number of anilines is 1. The van der Waals surface area contributed by atoms with E-state index in [4.69, 9.17) is 0 Å². The number of alkyl halides is 3. The lowest BCUT2D eigenvalue weighted by atomic mass is 10.3. The molecular weight excluding hydrogens is 347 g/mol. The normalized spacial score (nSPS) is 11.6. The van der Waals surface area contributed by atoms with E-state index in [-0.39, 0.29) is 11.4 Å². The van der Waals surface area contributed by atoms with E-state index >= 15 is 0 Å². The van der Waals surface area contributed by atoms with Crippen LogP contribution in [0.1, 0.15) is 21.1 Å². The number of hydrogen-bond acceptors (Lipinski definition) is 3. The van der Waals surface area contributed by atoms with E-state index in [1.54, 1.807) is 5.38 Å². The van der Waals surface area contributed by atoms with Crippen LogP contribution < -0.4 is 5.32 Å². The van der Waals surface area contributed by atoms with Gasteiger partial charge in [0.1, 0.15) is 0 Å². The van der Waals surface area contributed by atoms with Crippen LogP contribution in [0.25, 0.3) is 0 Å². The van der Waals surface area contributed by atoms with Crippen LogP contribution in [-0.2, 0) is 6.18 Å². The Morgan fingerprint density at radius 3 is 2.74 bits per heavy atom. The van der Waals surface area contributed by atoms with E-state index in [1.165, 1.54) is 13.0 Å². The number of nitrogens with zero attached hydrogens (tertiary/aromatic N) is 1. The van der Waals surface area contributed by atoms with Gasteiger partial charge in [-0.25, -0.2) is 0 Å². The van der Waals surface area contributed by atoms with Gasteiger partial charge in [-0.05, 0) is 28.9 Å². The van der Waals surface area contributed by atoms with Crippen LogP contribution in [0.4, 0.5) is 18.9 Å². The highest BCUT2D eigenvalue weighted by Gasteiger charge is 2.38. The maximum absolute atomic E-state index is 12.7. The minimum absolute atomic E-state index is 0.149. The highest BCUT2D eigenvalue weighted by molar-refractivity contribution is 9.10. The molecule has 0 aliphatic heterocycles. The van der Waals surface area contributed by atoms with E-state index in [9.17, 15) is 18.0 Å². The molecule has 9 heteroatoms. The van der Waals surface area contributed by atoms with Gasteiger partial charge in [-0.2, -0.15) is 18.3 Å². The standard InChI is InChI=1S/C10H7BrF3N3OS/c1-4-7(8(17-16-4)10(12,13)14)15-9(18)6-2-5(11)3-19-6/h2-3H,1H3,(H,15,18)(H,16,17). The molecule has 2 N–H and O–H groups in total. The van der Waals surface area contributed by atoms with Crippen molar-refractivity contribution in [2.45, 2.75) is 13.1 Å². The molecule has 0 bridgehead atoms. The van der Waals surface area contributed by atoms with Crippen molar-refractivity contribution in [3.8, 4) is 0 Å². The number of amides is 1. The summed E-state index contributed by atoms with van der Waals surface area (Å²) in [5.74, 6) is -0.606. The average Bonchev–Trinajstić information content (AvgIpc) is 2.85. The van der Waals surface area contributed by atoms with Gasteiger partial charge >= 0.3 is 6.18 Å². The Morgan fingerprint density at radius 1 is 1.53 bits per heavy atom. The lowest BCUT2D eigenvalue weighted by Gasteiger charge is -2.07. The first-order valence-electron chi connectivity index (χ1n) is 4.96. The number of carbonyl (C=O) groups excluding carboxylic acids is 1. The van der Waals surface area contributed by atoms with Crippen LogP contribution in [0.3, 0.4) is 0 Å². The fourth-order valence-electron chi connectivity index (χ4n) is 1.39. The Labute approximate surface area is 118 Å². The summed E-state index contributed by atoms with van der Waals surface area (Å²) in [5, 5.41) is 9.28. The number of aryl methyl sites for hydroxylation is 1. The summed E-state index contributed by atoms with van der Waals surface area (Å²) in [6.07, 6.45) is -4.62. The zero-order valence-corrected chi connectivity index (χ0v) is 11.8. The number of rotatable bonds is 2. The largest absolute Gasteiger partial charge is 0.437 e. The predicted octanol–water partition coefficient (Wildman–Crippen LogP) is 3.81. The Bertz CT molecular complexity index is 620. The topological polar surface area (TPSA) is 57.8 Å². The van der Waals surface area contributed by atoms with E-state index in [0.29, 0.717) is 9.35 Å². The SMILES string of the molecule is Cc1[nH]nc(C(F)(F)F)c1NC(=O)c1cc(Br)cs1. The third-order valence-electron chi connectivity index (χ3n) is 2.25. The van der Waals surface area contributed by atoms with Crippen LogP contribution in [0, 0.1) is 6.92 Å². The van der Waals surface area contributed by atoms with Crippen LogP contribution in [-0.4, -0.2) is 16.1 Å². The molecule has 0 saturated heterocycles. The molecule has 0 fully saturated rings. The fraction of sp³-hybridized carbons (Fsp3) is 0.200. The Hall–Kier alpha value is -1.35. The van der Waals surface area contributed by atoms with Gasteiger partial charge in [0, 0.05) is 9.85 Å². The molecule has 19 heavy (non-hydrogen) atoms. The van der Waals surface area contributed by atoms with Gasteiger partial charge < -0.3 is 5.32 Å². The van der Waals surface area contributed by atoms with Gasteiger partial charge in [-0.3, -0.25) is 9.89 Å². The molecule has 0 spiro atoms. The van der Waals surface area contributed by atoms with E-state index in [1.807, 2.05) is 0 Å². The minimum Gasteiger partial charge on any atom is -0.318 e. The summed E-state index contributed by atoms with van der Waals surface area (Å²) >= 11 is 4.30. The molecule has 1 amide bonds. The van der Waals surface area contributed by atoms with Crippen molar-refractivity contribution >= 4 is 38.9 Å². The highest BCUT2D eigenvalue weighted by atomic mass is 79.9. The van der Waals surface area contributed by atoms with Crippen molar-refractivity contribution in [2.75, 3.05) is 5.32 Å². The minimum atomic E-state index is -4.62. The van der Waals surface area contributed by atoms with Crippen molar-refractivity contribution in [2.24, 2.45) is 0 Å². The number of hydrogen-bond donors (Lipinski definition) is 2. The summed E-state index contributed by atoms with van der Waals surface area (Å²) in [4.78, 5) is 12.1. The fourth-order valence-corrected chi connectivity index (χ4v) is 2.72. The molecule has 2 rings (SSSR count). The number of thiophene rings is 1. The number of H-pyrrole nitrogens is 1. The first-order chi connectivity index (χ1) is 8.79. The summed E-state index contributed by atoms with van der Waals surface area (Å²) in [6.45, 7) is 1.40. The molecule has 0 atom stereocenters. The maximum atomic E-state index is 12.7. The number of carbonyl (C=O) groups is 1. The molecule has 0 aromatic carbocycles. The van der Waals surface area contributed by atoms with Crippen LogP contribution in [0.2, 0.25) is 0 Å². The molecular formula is C10H7BrF3N3OS. The van der Waals surface area contributed by atoms with E-state index in [0.717, 1.165) is 11.3 Å². The third kappa shape index (κ3) is 2.98. The molecule has 0 radical (unpaired) electrons. The molecule has 2 aromatic heterocycles. The van der Waals surface area contributed by atoms with Gasteiger partial charge in [-0.15, -0.1) is 11.3 Å². The second-order valence-electron chi connectivity index (χ2n) is 3.65.